The Balaban J connectivity index is 1.57. The molecule has 5 unspecified atom stereocenters. The number of rotatable bonds is 9. The van der Waals surface area contributed by atoms with Crippen molar-refractivity contribution in [2.75, 3.05) is 32.7 Å². The molecule has 1 aliphatic heterocycles. The number of ketones is 1. The van der Waals surface area contributed by atoms with Gasteiger partial charge in [-0.3, -0.25) is 14.5 Å². The second-order valence-corrected chi connectivity index (χ2v) is 12.8. The zero-order valence-electron chi connectivity index (χ0n) is 23.0. The molecular weight excluding hydrogens is 450 g/mol. The molecular formula is C29H47N5O2. The monoisotopic (exact) mass is 497 g/mol. The van der Waals surface area contributed by atoms with E-state index in [0.29, 0.717) is 24.9 Å². The quantitative estimate of drug-likeness (QED) is 0.477. The lowest BCUT2D eigenvalue weighted by Crippen LogP contribution is -2.52. The van der Waals surface area contributed by atoms with Crippen LogP contribution in [-0.2, 0) is 9.59 Å². The van der Waals surface area contributed by atoms with Crippen molar-refractivity contribution in [3.63, 3.8) is 0 Å². The lowest BCUT2D eigenvalue weighted by Gasteiger charge is -2.50. The number of hydrogen-bond acceptors (Lipinski definition) is 6. The Bertz CT molecular complexity index is 859. The van der Waals surface area contributed by atoms with Crippen LogP contribution in [0, 0.1) is 45.3 Å². The van der Waals surface area contributed by atoms with E-state index >= 15 is 0 Å². The summed E-state index contributed by atoms with van der Waals surface area (Å²) in [5.74, 6) is 0.579. The number of carbonyl (C=O) groups excluding carboxylic acids is 2. The van der Waals surface area contributed by atoms with E-state index in [4.69, 9.17) is 0 Å². The van der Waals surface area contributed by atoms with Gasteiger partial charge in [-0.2, -0.15) is 10.5 Å². The molecule has 1 amide bonds. The first-order valence-corrected chi connectivity index (χ1v) is 14.2. The van der Waals surface area contributed by atoms with E-state index in [1.54, 1.807) is 4.90 Å². The zero-order chi connectivity index (χ0) is 26.3. The van der Waals surface area contributed by atoms with E-state index in [0.717, 1.165) is 77.3 Å². The van der Waals surface area contributed by atoms with Gasteiger partial charge in [0.15, 0.2) is 0 Å². The first-order chi connectivity index (χ1) is 17.1. The highest BCUT2D eigenvalue weighted by atomic mass is 16.2. The van der Waals surface area contributed by atoms with Crippen molar-refractivity contribution in [1.29, 1.82) is 10.5 Å². The van der Waals surface area contributed by atoms with Gasteiger partial charge in [-0.05, 0) is 75.2 Å². The number of nitrogens with zero attached hydrogens (tertiary/aromatic N) is 4. The molecule has 5 atom stereocenters. The smallest absolute Gasteiger partial charge is 0.237 e. The van der Waals surface area contributed by atoms with E-state index in [1.165, 1.54) is 0 Å². The van der Waals surface area contributed by atoms with Crippen LogP contribution < -0.4 is 5.32 Å². The van der Waals surface area contributed by atoms with Gasteiger partial charge in [0.05, 0.1) is 25.2 Å². The Morgan fingerprint density at radius 3 is 2.50 bits per heavy atom. The molecule has 7 heteroatoms. The highest BCUT2D eigenvalue weighted by Gasteiger charge is 2.43. The Morgan fingerprint density at radius 2 is 1.81 bits per heavy atom. The summed E-state index contributed by atoms with van der Waals surface area (Å²) in [5.41, 5.74) is 0.189. The average molecular weight is 498 g/mol. The average Bonchev–Trinajstić information content (AvgIpc) is 3.17. The van der Waals surface area contributed by atoms with Crippen LogP contribution in [0.15, 0.2) is 0 Å². The summed E-state index contributed by atoms with van der Waals surface area (Å²) in [5, 5.41) is 22.0. The molecule has 200 valence electrons. The largest absolute Gasteiger partial charge is 0.326 e. The van der Waals surface area contributed by atoms with Gasteiger partial charge in [0.25, 0.3) is 0 Å². The Hall–Kier alpha value is -1.96. The van der Waals surface area contributed by atoms with Crippen LogP contribution in [0.3, 0.4) is 0 Å². The molecule has 3 rings (SSSR count). The van der Waals surface area contributed by atoms with E-state index in [9.17, 15) is 20.1 Å². The highest BCUT2D eigenvalue weighted by molar-refractivity contribution is 5.83. The third kappa shape index (κ3) is 7.53. The van der Waals surface area contributed by atoms with Gasteiger partial charge in [-0.15, -0.1) is 0 Å². The van der Waals surface area contributed by atoms with Crippen LogP contribution >= 0.6 is 0 Å². The van der Waals surface area contributed by atoms with E-state index in [1.807, 2.05) is 0 Å². The summed E-state index contributed by atoms with van der Waals surface area (Å²) < 4.78 is 0. The summed E-state index contributed by atoms with van der Waals surface area (Å²) in [6.45, 7) is 12.2. The van der Waals surface area contributed by atoms with E-state index in [2.05, 4.69) is 50.1 Å². The molecule has 0 aromatic rings. The van der Waals surface area contributed by atoms with Gasteiger partial charge >= 0.3 is 0 Å². The number of nitrogens with one attached hydrogen (secondary N) is 1. The molecule has 2 aliphatic carbocycles. The Kier molecular flexibility index (Phi) is 9.95. The van der Waals surface area contributed by atoms with Gasteiger partial charge in [-0.25, -0.2) is 0 Å². The van der Waals surface area contributed by atoms with Crippen molar-refractivity contribution >= 4 is 11.7 Å². The number of likely N-dealkylation sites (N-methyl/N-ethyl adjacent to an activating group) is 1. The van der Waals surface area contributed by atoms with Crippen LogP contribution in [0.25, 0.3) is 0 Å². The fourth-order valence-corrected chi connectivity index (χ4v) is 7.32. The van der Waals surface area contributed by atoms with Crippen LogP contribution in [0.1, 0.15) is 91.9 Å². The zero-order valence-corrected chi connectivity index (χ0v) is 23.0. The predicted molar refractivity (Wildman–Crippen MR) is 141 cm³/mol. The minimum atomic E-state index is -0.275. The lowest BCUT2D eigenvalue weighted by molar-refractivity contribution is -0.130. The molecule has 1 saturated heterocycles. The second-order valence-electron chi connectivity index (χ2n) is 12.8. The van der Waals surface area contributed by atoms with E-state index < -0.39 is 0 Å². The number of amides is 1. The maximum absolute atomic E-state index is 13.3. The predicted octanol–water partition coefficient (Wildman–Crippen LogP) is 4.29. The molecule has 7 nitrogen and oxygen atoms in total. The molecule has 0 bridgehead atoms. The number of likely N-dealkylation sites (tertiary alicyclic amines) is 1. The molecule has 0 spiro atoms. The summed E-state index contributed by atoms with van der Waals surface area (Å²) in [4.78, 5) is 30.1. The van der Waals surface area contributed by atoms with E-state index in [-0.39, 0.29) is 41.2 Å². The topological polar surface area (TPSA) is 100 Å². The molecule has 0 radical (unpaired) electrons. The SMILES string of the molecule is CCN(CC(=O)C1CCCC(C#N)CC1)C1CC(C)(C)CC(C)(CNCC(=O)N2CCCC2C#N)C1. The lowest BCUT2D eigenvalue weighted by atomic mass is 9.62. The molecule has 3 fully saturated rings. The molecule has 1 heterocycles. The maximum Gasteiger partial charge on any atom is 0.237 e. The fraction of sp³-hybridized carbons (Fsp3) is 0.862. The Labute approximate surface area is 218 Å². The molecule has 2 saturated carbocycles. The first kappa shape index (κ1) is 28.6. The van der Waals surface area contributed by atoms with Gasteiger partial charge in [-0.1, -0.05) is 34.1 Å². The fourth-order valence-electron chi connectivity index (χ4n) is 7.32. The minimum Gasteiger partial charge on any atom is -0.326 e. The molecule has 0 aromatic carbocycles. The van der Waals surface area contributed by atoms with Crippen LogP contribution in [0.5, 0.6) is 0 Å². The third-order valence-electron chi connectivity index (χ3n) is 8.86. The van der Waals surface area contributed by atoms with Gasteiger partial charge in [0.2, 0.25) is 5.91 Å². The summed E-state index contributed by atoms with van der Waals surface area (Å²) in [6, 6.07) is 4.72. The minimum absolute atomic E-state index is 0.0251. The maximum atomic E-state index is 13.3. The molecule has 36 heavy (non-hydrogen) atoms. The van der Waals surface area contributed by atoms with Crippen LogP contribution in [0.4, 0.5) is 0 Å². The van der Waals surface area contributed by atoms with Crippen molar-refractivity contribution in [3.8, 4) is 12.1 Å². The van der Waals surface area contributed by atoms with Gasteiger partial charge in [0, 0.05) is 31.0 Å². The summed E-state index contributed by atoms with van der Waals surface area (Å²) in [7, 11) is 0. The van der Waals surface area contributed by atoms with Gasteiger partial charge < -0.3 is 10.2 Å². The number of nitriles is 2. The highest BCUT2D eigenvalue weighted by Crippen LogP contribution is 2.47. The molecule has 0 aromatic heterocycles. The van der Waals surface area contributed by atoms with Crippen LogP contribution in [-0.4, -0.2) is 66.3 Å². The number of carbonyl (C=O) groups is 2. The second kappa shape index (κ2) is 12.5. The summed E-state index contributed by atoms with van der Waals surface area (Å²) in [6.07, 6.45) is 9.37. The normalized spacial score (nSPS) is 32.5. The summed E-state index contributed by atoms with van der Waals surface area (Å²) >= 11 is 0. The molecule has 1 N–H and O–H groups in total. The van der Waals surface area contributed by atoms with Crippen molar-refractivity contribution in [2.45, 2.75) is 104 Å². The van der Waals surface area contributed by atoms with Crippen LogP contribution in [0.2, 0.25) is 0 Å². The standard InChI is InChI=1S/C29H47N5O2/c1-5-33(19-26(35)23-9-6-8-22(16-30)11-12-23)25-14-28(2,3)20-29(4,15-25)21-32-18-27(36)34-13-7-10-24(34)17-31/h22-25,32H,5-15,18-21H2,1-4H3. The first-order valence-electron chi connectivity index (χ1n) is 14.2. The van der Waals surface area contributed by atoms with Crippen molar-refractivity contribution in [1.82, 2.24) is 15.1 Å². The van der Waals surface area contributed by atoms with Gasteiger partial charge in [0.1, 0.15) is 11.8 Å². The third-order valence-corrected chi connectivity index (χ3v) is 8.86. The molecule has 3 aliphatic rings. The van der Waals surface area contributed by atoms with Crippen molar-refractivity contribution in [3.05, 3.63) is 0 Å². The number of Topliss-reactive ketones (excluding diaryl/α,β-unsaturated/α-hetero) is 1. The Morgan fingerprint density at radius 1 is 1.03 bits per heavy atom. The van der Waals surface area contributed by atoms with Crippen molar-refractivity contribution in [2.24, 2.45) is 22.7 Å². The number of hydrogen-bond donors (Lipinski definition) is 1. The van der Waals surface area contributed by atoms with Crippen molar-refractivity contribution < 1.29 is 9.59 Å².